The Morgan fingerprint density at radius 2 is 0.800 bits per heavy atom. The summed E-state index contributed by atoms with van der Waals surface area (Å²) in [6.07, 6.45) is 0. The van der Waals surface area contributed by atoms with Crippen molar-refractivity contribution in [2.75, 3.05) is 79.0 Å². The number of carbonyl (C=O) groups excluding carboxylic acids is 3. The van der Waals surface area contributed by atoms with Gasteiger partial charge in [0.1, 0.15) is 0 Å². The van der Waals surface area contributed by atoms with E-state index in [-0.39, 0.29) is 55.5 Å². The summed E-state index contributed by atoms with van der Waals surface area (Å²) in [7, 11) is 2.09. The van der Waals surface area contributed by atoms with Crippen molar-refractivity contribution in [3.8, 4) is 0 Å². The van der Waals surface area contributed by atoms with Crippen LogP contribution in [0.2, 0.25) is 0 Å². The summed E-state index contributed by atoms with van der Waals surface area (Å²) in [5.74, 6) is -0.0877. The fraction of sp³-hybridized carbons (Fsp3) is 0.475. The molecule has 4 rings (SSSR count). The molecule has 3 amide bonds. The molecule has 1 heterocycles. The highest BCUT2D eigenvalue weighted by atomic mass is 16.2. The number of likely N-dealkylation sites (N-methyl/N-ethyl adjacent to an activating group) is 1. The van der Waals surface area contributed by atoms with Crippen LogP contribution in [0.3, 0.4) is 0 Å². The highest BCUT2D eigenvalue weighted by Gasteiger charge is 2.22. The summed E-state index contributed by atoms with van der Waals surface area (Å²) >= 11 is 0. The highest BCUT2D eigenvalue weighted by Crippen LogP contribution is 2.14. The molecule has 10 heteroatoms. The van der Waals surface area contributed by atoms with Gasteiger partial charge in [-0.1, -0.05) is 90.5 Å². The Labute approximate surface area is 299 Å². The molecule has 0 radical (unpaired) electrons. The molecule has 1 aliphatic rings. The van der Waals surface area contributed by atoms with E-state index in [4.69, 9.17) is 0 Å². The van der Waals surface area contributed by atoms with Crippen LogP contribution in [-0.2, 0) is 14.4 Å². The van der Waals surface area contributed by atoms with Crippen molar-refractivity contribution in [2.45, 2.75) is 45.8 Å². The van der Waals surface area contributed by atoms with E-state index >= 15 is 0 Å². The number of rotatable bonds is 12. The molecular formula is C40H57N7O3. The van der Waals surface area contributed by atoms with Crippen molar-refractivity contribution in [3.05, 3.63) is 107 Å². The lowest BCUT2D eigenvalue weighted by Crippen LogP contribution is -2.50. The molecule has 0 aromatic heterocycles. The van der Waals surface area contributed by atoms with Gasteiger partial charge in [0.15, 0.2) is 0 Å². The molecule has 0 spiro atoms. The molecule has 1 saturated heterocycles. The van der Waals surface area contributed by atoms with Crippen molar-refractivity contribution >= 4 is 17.7 Å². The van der Waals surface area contributed by atoms with Crippen LogP contribution in [0.5, 0.6) is 0 Å². The standard InChI is InChI=1S/C40H57N7O3/c1-31-16-18-37(19-17-31)34(4)43-40(50)30-47-26-24-45(28-38(48)41-32(2)35-12-8-6-9-13-35)22-20-44(5)21-23-46(25-27-47)29-39(49)42-33(3)36-14-10-7-11-15-36/h6-19,32-34H,20-30H2,1-5H3,(H,41,48)(H,42,49)(H,43,50). The van der Waals surface area contributed by atoms with E-state index in [9.17, 15) is 14.4 Å². The van der Waals surface area contributed by atoms with Crippen molar-refractivity contribution in [1.29, 1.82) is 0 Å². The second kappa shape index (κ2) is 19.9. The number of nitrogens with zero attached hydrogens (tertiary/aromatic N) is 4. The molecule has 3 N–H and O–H groups in total. The second-order valence-electron chi connectivity index (χ2n) is 13.7. The molecule has 3 unspecified atom stereocenters. The summed E-state index contributed by atoms with van der Waals surface area (Å²) < 4.78 is 0. The lowest BCUT2D eigenvalue weighted by atomic mass is 10.1. The third-order valence-corrected chi connectivity index (χ3v) is 9.47. The molecule has 0 aliphatic carbocycles. The smallest absolute Gasteiger partial charge is 0.234 e. The van der Waals surface area contributed by atoms with Crippen molar-refractivity contribution in [3.63, 3.8) is 0 Å². The quantitative estimate of drug-likeness (QED) is 0.267. The lowest BCUT2D eigenvalue weighted by Gasteiger charge is -2.33. The van der Waals surface area contributed by atoms with Crippen LogP contribution in [0.15, 0.2) is 84.9 Å². The first-order chi connectivity index (χ1) is 24.0. The lowest BCUT2D eigenvalue weighted by molar-refractivity contribution is -0.125. The van der Waals surface area contributed by atoms with Gasteiger partial charge in [0.25, 0.3) is 0 Å². The Morgan fingerprint density at radius 3 is 1.14 bits per heavy atom. The first-order valence-electron chi connectivity index (χ1n) is 18.0. The van der Waals surface area contributed by atoms with E-state index in [1.54, 1.807) is 0 Å². The molecule has 3 atom stereocenters. The molecule has 1 fully saturated rings. The Bertz CT molecular complexity index is 1390. The van der Waals surface area contributed by atoms with Gasteiger partial charge in [0, 0.05) is 52.4 Å². The fourth-order valence-electron chi connectivity index (χ4n) is 6.17. The summed E-state index contributed by atoms with van der Waals surface area (Å²) in [5, 5.41) is 9.49. The minimum Gasteiger partial charge on any atom is -0.348 e. The van der Waals surface area contributed by atoms with E-state index in [1.165, 1.54) is 5.56 Å². The molecule has 3 aromatic rings. The number of amides is 3. The zero-order valence-corrected chi connectivity index (χ0v) is 30.6. The van der Waals surface area contributed by atoms with E-state index < -0.39 is 0 Å². The highest BCUT2D eigenvalue weighted by molar-refractivity contribution is 5.79. The number of nitrogens with one attached hydrogen (secondary N) is 3. The van der Waals surface area contributed by atoms with E-state index in [0.29, 0.717) is 39.3 Å². The van der Waals surface area contributed by atoms with E-state index in [2.05, 4.69) is 73.8 Å². The van der Waals surface area contributed by atoms with Crippen LogP contribution in [0.25, 0.3) is 0 Å². The van der Waals surface area contributed by atoms with Crippen LogP contribution in [0.4, 0.5) is 0 Å². The molecule has 3 aromatic carbocycles. The number of aryl methyl sites for hydroxylation is 1. The van der Waals surface area contributed by atoms with Crippen LogP contribution in [-0.4, -0.2) is 116 Å². The van der Waals surface area contributed by atoms with Crippen molar-refractivity contribution < 1.29 is 14.4 Å². The van der Waals surface area contributed by atoms with Gasteiger partial charge < -0.3 is 20.9 Å². The van der Waals surface area contributed by atoms with Gasteiger partial charge >= 0.3 is 0 Å². The summed E-state index contributed by atoms with van der Waals surface area (Å²) in [4.78, 5) is 48.6. The van der Waals surface area contributed by atoms with Crippen LogP contribution < -0.4 is 16.0 Å². The maximum absolute atomic E-state index is 13.4. The first kappa shape index (κ1) is 38.7. The SMILES string of the molecule is Cc1ccc(C(C)NC(=O)CN2CCN(CC(=O)NC(C)c3ccccc3)CCN(C)CCN(CC(=O)NC(C)c3ccccc3)CC2)cc1. The van der Waals surface area contributed by atoms with Crippen molar-refractivity contribution in [1.82, 2.24) is 35.6 Å². The van der Waals surface area contributed by atoms with Crippen LogP contribution in [0, 0.1) is 6.92 Å². The third kappa shape index (κ3) is 13.3. The Balaban J connectivity index is 1.41. The van der Waals surface area contributed by atoms with Gasteiger partial charge in [-0.15, -0.1) is 0 Å². The number of carbonyl (C=O) groups is 3. The molecule has 10 nitrogen and oxygen atoms in total. The molecule has 0 saturated carbocycles. The summed E-state index contributed by atoms with van der Waals surface area (Å²) in [6.45, 7) is 14.3. The first-order valence-corrected chi connectivity index (χ1v) is 18.0. The van der Waals surface area contributed by atoms with Crippen molar-refractivity contribution in [2.24, 2.45) is 0 Å². The van der Waals surface area contributed by atoms with Gasteiger partial charge in [-0.25, -0.2) is 0 Å². The fourth-order valence-corrected chi connectivity index (χ4v) is 6.17. The monoisotopic (exact) mass is 683 g/mol. The normalized spacial score (nSPS) is 17.8. The van der Waals surface area contributed by atoms with Gasteiger partial charge in [-0.2, -0.15) is 0 Å². The third-order valence-electron chi connectivity index (χ3n) is 9.47. The van der Waals surface area contributed by atoms with Crippen LogP contribution >= 0.6 is 0 Å². The average Bonchev–Trinajstić information content (AvgIpc) is 3.10. The van der Waals surface area contributed by atoms with Gasteiger partial charge in [0.05, 0.1) is 37.8 Å². The molecular weight excluding hydrogens is 626 g/mol. The van der Waals surface area contributed by atoms with Gasteiger partial charge in [-0.3, -0.25) is 29.1 Å². The number of hydrogen-bond donors (Lipinski definition) is 3. The maximum Gasteiger partial charge on any atom is 0.234 e. The van der Waals surface area contributed by atoms with Gasteiger partial charge in [0.2, 0.25) is 17.7 Å². The predicted octanol–water partition coefficient (Wildman–Crippen LogP) is 3.78. The minimum atomic E-state index is -0.121. The largest absolute Gasteiger partial charge is 0.348 e. The van der Waals surface area contributed by atoms with E-state index in [0.717, 1.165) is 29.8 Å². The maximum atomic E-state index is 13.4. The second-order valence-corrected chi connectivity index (χ2v) is 13.7. The van der Waals surface area contributed by atoms with E-state index in [1.807, 2.05) is 81.4 Å². The average molecular weight is 684 g/mol. The Morgan fingerprint density at radius 1 is 0.500 bits per heavy atom. The van der Waals surface area contributed by atoms with Crippen LogP contribution in [0.1, 0.15) is 61.2 Å². The summed E-state index contributed by atoms with van der Waals surface area (Å²) in [6, 6.07) is 27.9. The summed E-state index contributed by atoms with van der Waals surface area (Å²) in [5.41, 5.74) is 4.38. The molecule has 1 aliphatic heterocycles. The Hall–Kier alpha value is -4.09. The number of hydrogen-bond acceptors (Lipinski definition) is 7. The minimum absolute atomic E-state index is 0.0192. The molecule has 0 bridgehead atoms. The number of benzene rings is 3. The predicted molar refractivity (Wildman–Crippen MR) is 201 cm³/mol. The zero-order valence-electron chi connectivity index (χ0n) is 30.6. The topological polar surface area (TPSA) is 100 Å². The molecule has 270 valence electrons. The zero-order chi connectivity index (χ0) is 35.9. The van der Waals surface area contributed by atoms with Gasteiger partial charge in [-0.05, 0) is 51.4 Å². The molecule has 50 heavy (non-hydrogen) atoms. The Kier molecular flexibility index (Phi) is 15.4.